The number of halogens is 1. The SMILES string of the molecule is CC/C=C\C(=C(/C)c1ccc(F)c(C)c1)c1cc(C)c(N)c(C=N)c1.CCCC. The molecule has 0 amide bonds. The number of allylic oxidation sites excluding steroid dienone is 4. The van der Waals surface area contributed by atoms with Crippen molar-refractivity contribution >= 4 is 23.0 Å². The number of rotatable bonds is 6. The third-order valence-electron chi connectivity index (χ3n) is 4.90. The minimum atomic E-state index is -0.198. The highest BCUT2D eigenvalue weighted by molar-refractivity contribution is 5.97. The molecule has 156 valence electrons. The molecule has 0 saturated carbocycles. The molecule has 0 radical (unpaired) electrons. The summed E-state index contributed by atoms with van der Waals surface area (Å²) >= 11 is 0. The zero-order valence-corrected chi connectivity index (χ0v) is 18.7. The number of aryl methyl sites for hydroxylation is 2. The molecular weight excluding hydrogens is 359 g/mol. The van der Waals surface area contributed by atoms with Crippen molar-refractivity contribution in [3.05, 3.63) is 76.1 Å². The maximum atomic E-state index is 13.6. The fourth-order valence-corrected chi connectivity index (χ4v) is 2.81. The lowest BCUT2D eigenvalue weighted by Gasteiger charge is -2.14. The Labute approximate surface area is 175 Å². The molecule has 2 aromatic rings. The van der Waals surface area contributed by atoms with Crippen LogP contribution in [0.3, 0.4) is 0 Å². The maximum absolute atomic E-state index is 13.6. The Morgan fingerprint density at radius 2 is 1.62 bits per heavy atom. The molecule has 0 spiro atoms. The molecule has 2 rings (SSSR count). The van der Waals surface area contributed by atoms with Crippen LogP contribution < -0.4 is 5.73 Å². The van der Waals surface area contributed by atoms with Crippen LogP contribution in [0.25, 0.3) is 11.1 Å². The summed E-state index contributed by atoms with van der Waals surface area (Å²) in [5.74, 6) is -0.198. The summed E-state index contributed by atoms with van der Waals surface area (Å²) in [5, 5.41) is 7.60. The molecule has 0 aromatic heterocycles. The van der Waals surface area contributed by atoms with Gasteiger partial charge in [0, 0.05) is 17.5 Å². The summed E-state index contributed by atoms with van der Waals surface area (Å²) in [6, 6.07) is 9.15. The first kappa shape index (κ1) is 24.4. The van der Waals surface area contributed by atoms with E-state index in [4.69, 9.17) is 11.1 Å². The molecule has 0 atom stereocenters. The summed E-state index contributed by atoms with van der Waals surface area (Å²) in [6.07, 6.45) is 9.03. The molecule has 2 nitrogen and oxygen atoms in total. The van der Waals surface area contributed by atoms with Crippen LogP contribution in [-0.4, -0.2) is 6.21 Å². The summed E-state index contributed by atoms with van der Waals surface area (Å²) < 4.78 is 13.6. The number of nitrogens with one attached hydrogen (secondary N) is 1. The monoisotopic (exact) mass is 394 g/mol. The predicted octanol–water partition coefficient (Wildman–Crippen LogP) is 7.73. The Balaban J connectivity index is 0.000000960. The van der Waals surface area contributed by atoms with Crippen molar-refractivity contribution < 1.29 is 4.39 Å². The van der Waals surface area contributed by atoms with Crippen LogP contribution in [0.4, 0.5) is 10.1 Å². The smallest absolute Gasteiger partial charge is 0.126 e. The molecule has 3 N–H and O–H groups in total. The highest BCUT2D eigenvalue weighted by Gasteiger charge is 2.10. The number of hydrogen-bond acceptors (Lipinski definition) is 2. The van der Waals surface area contributed by atoms with Gasteiger partial charge in [-0.25, -0.2) is 4.39 Å². The number of nitrogen functional groups attached to an aromatic ring is 1. The summed E-state index contributed by atoms with van der Waals surface area (Å²) in [6.45, 7) is 12.2. The van der Waals surface area contributed by atoms with E-state index in [2.05, 4.69) is 32.9 Å². The second-order valence-electron chi connectivity index (χ2n) is 7.25. The fraction of sp³-hybridized carbons (Fsp3) is 0.346. The van der Waals surface area contributed by atoms with E-state index in [0.29, 0.717) is 16.8 Å². The standard InChI is InChI=1S/C22H25FN2.C4H10/c1-5-6-7-20(16(4)17-8-9-21(23)14(2)10-17)18-11-15(3)22(25)19(12-18)13-24;1-3-4-2/h6-13,24H,5,25H2,1-4H3;3-4H2,1-2H3/b7-6-,20-16-,24-13?;. The lowest BCUT2D eigenvalue weighted by Crippen LogP contribution is -1.99. The van der Waals surface area contributed by atoms with Gasteiger partial charge in [-0.3, -0.25) is 0 Å². The van der Waals surface area contributed by atoms with Crippen LogP contribution in [0.15, 0.2) is 42.5 Å². The first-order chi connectivity index (χ1) is 13.8. The van der Waals surface area contributed by atoms with E-state index in [1.54, 1.807) is 13.0 Å². The topological polar surface area (TPSA) is 49.9 Å². The van der Waals surface area contributed by atoms with Gasteiger partial charge in [-0.05, 0) is 84.9 Å². The Morgan fingerprint density at radius 3 is 2.14 bits per heavy atom. The van der Waals surface area contributed by atoms with Gasteiger partial charge in [0.1, 0.15) is 5.82 Å². The molecule has 0 aliphatic rings. The van der Waals surface area contributed by atoms with Crippen LogP contribution in [-0.2, 0) is 0 Å². The Kier molecular flexibility index (Phi) is 10.1. The minimum Gasteiger partial charge on any atom is -0.398 e. The average molecular weight is 395 g/mol. The van der Waals surface area contributed by atoms with E-state index in [1.165, 1.54) is 25.1 Å². The van der Waals surface area contributed by atoms with Gasteiger partial charge < -0.3 is 11.1 Å². The van der Waals surface area contributed by atoms with Gasteiger partial charge in [0.25, 0.3) is 0 Å². The van der Waals surface area contributed by atoms with Gasteiger partial charge in [0.05, 0.1) is 0 Å². The van der Waals surface area contributed by atoms with Crippen LogP contribution in [0.1, 0.15) is 74.8 Å². The van der Waals surface area contributed by atoms with Crippen molar-refractivity contribution in [3.63, 3.8) is 0 Å². The van der Waals surface area contributed by atoms with Gasteiger partial charge >= 0.3 is 0 Å². The van der Waals surface area contributed by atoms with E-state index in [-0.39, 0.29) is 5.82 Å². The maximum Gasteiger partial charge on any atom is 0.126 e. The van der Waals surface area contributed by atoms with Crippen molar-refractivity contribution in [1.29, 1.82) is 5.41 Å². The molecule has 0 aliphatic heterocycles. The van der Waals surface area contributed by atoms with Crippen LogP contribution in [0.2, 0.25) is 0 Å². The Bertz CT molecular complexity index is 890. The number of nitrogens with two attached hydrogens (primary N) is 1. The summed E-state index contributed by atoms with van der Waals surface area (Å²) in [4.78, 5) is 0. The van der Waals surface area contributed by atoms with Gasteiger partial charge in [0.2, 0.25) is 0 Å². The first-order valence-corrected chi connectivity index (χ1v) is 10.3. The van der Waals surface area contributed by atoms with Crippen LogP contribution in [0, 0.1) is 25.1 Å². The van der Waals surface area contributed by atoms with Gasteiger partial charge in [-0.1, -0.05) is 51.8 Å². The predicted molar refractivity (Wildman–Crippen MR) is 127 cm³/mol. The van der Waals surface area contributed by atoms with Gasteiger partial charge in [-0.15, -0.1) is 0 Å². The van der Waals surface area contributed by atoms with Crippen molar-refractivity contribution in [2.45, 2.75) is 60.8 Å². The Hall–Kier alpha value is -2.68. The third kappa shape index (κ3) is 6.70. The number of unbranched alkanes of at least 4 members (excludes halogenated alkanes) is 1. The molecular formula is C26H35FN2. The van der Waals surface area contributed by atoms with E-state index < -0.39 is 0 Å². The second kappa shape index (κ2) is 12.0. The molecule has 29 heavy (non-hydrogen) atoms. The molecule has 0 fully saturated rings. The average Bonchev–Trinajstić information content (AvgIpc) is 2.72. The summed E-state index contributed by atoms with van der Waals surface area (Å²) in [5.41, 5.74) is 13.1. The highest BCUT2D eigenvalue weighted by Crippen LogP contribution is 2.31. The van der Waals surface area contributed by atoms with E-state index >= 15 is 0 Å². The zero-order valence-electron chi connectivity index (χ0n) is 18.7. The quantitative estimate of drug-likeness (QED) is 0.224. The van der Waals surface area contributed by atoms with Crippen molar-refractivity contribution in [1.82, 2.24) is 0 Å². The third-order valence-corrected chi connectivity index (χ3v) is 4.90. The van der Waals surface area contributed by atoms with E-state index in [9.17, 15) is 4.39 Å². The second-order valence-corrected chi connectivity index (χ2v) is 7.25. The lowest BCUT2D eigenvalue weighted by atomic mass is 9.92. The highest BCUT2D eigenvalue weighted by atomic mass is 19.1. The van der Waals surface area contributed by atoms with Gasteiger partial charge in [0.15, 0.2) is 0 Å². The van der Waals surface area contributed by atoms with Crippen LogP contribution >= 0.6 is 0 Å². The Morgan fingerprint density at radius 1 is 1.00 bits per heavy atom. The lowest BCUT2D eigenvalue weighted by molar-refractivity contribution is 0.618. The van der Waals surface area contributed by atoms with E-state index in [0.717, 1.165) is 34.3 Å². The largest absolute Gasteiger partial charge is 0.398 e. The van der Waals surface area contributed by atoms with Crippen molar-refractivity contribution in [3.8, 4) is 0 Å². The van der Waals surface area contributed by atoms with E-state index in [1.807, 2.05) is 32.0 Å². The zero-order chi connectivity index (χ0) is 22.0. The fourth-order valence-electron chi connectivity index (χ4n) is 2.81. The van der Waals surface area contributed by atoms with Crippen molar-refractivity contribution in [2.24, 2.45) is 0 Å². The molecule has 3 heteroatoms. The normalized spacial score (nSPS) is 11.7. The molecule has 0 bridgehead atoms. The molecule has 0 unspecified atom stereocenters. The molecule has 2 aromatic carbocycles. The van der Waals surface area contributed by atoms with Crippen molar-refractivity contribution in [2.75, 3.05) is 5.73 Å². The number of benzene rings is 2. The molecule has 0 aliphatic carbocycles. The summed E-state index contributed by atoms with van der Waals surface area (Å²) in [7, 11) is 0. The van der Waals surface area contributed by atoms with Crippen LogP contribution in [0.5, 0.6) is 0 Å². The number of hydrogen-bond donors (Lipinski definition) is 2. The number of anilines is 1. The van der Waals surface area contributed by atoms with Gasteiger partial charge in [-0.2, -0.15) is 0 Å². The first-order valence-electron chi connectivity index (χ1n) is 10.3. The molecule has 0 heterocycles. The molecule has 0 saturated heterocycles. The minimum absolute atomic E-state index is 0.198.